The Kier molecular flexibility index (Phi) is 4.85. The normalized spacial score (nSPS) is 19.7. The number of rotatable bonds is 5. The van der Waals surface area contributed by atoms with E-state index in [1.807, 2.05) is 0 Å². The molecule has 9 heteroatoms. The third-order valence-corrected chi connectivity index (χ3v) is 6.03. The second-order valence-corrected chi connectivity index (χ2v) is 8.07. The second-order valence-electron chi connectivity index (χ2n) is 5.96. The van der Waals surface area contributed by atoms with Crippen molar-refractivity contribution < 1.29 is 32.6 Å². The number of carboxylic acids is 1. The number of fused-ring (bicyclic) bond motifs is 1. The first-order valence-corrected chi connectivity index (χ1v) is 9.68. The summed E-state index contributed by atoms with van der Waals surface area (Å²) in [7, 11) is -3.69. The minimum Gasteiger partial charge on any atom is -0.486 e. The first kappa shape index (κ1) is 17.5. The van der Waals surface area contributed by atoms with E-state index in [9.17, 15) is 18.0 Å². The van der Waals surface area contributed by atoms with Crippen LogP contribution in [0.15, 0.2) is 23.1 Å². The van der Waals surface area contributed by atoms with Gasteiger partial charge >= 0.3 is 5.97 Å². The molecule has 0 spiro atoms. The molecule has 1 atom stereocenters. The number of nitrogens with zero attached hydrogens (tertiary/aromatic N) is 1. The van der Waals surface area contributed by atoms with E-state index < -0.39 is 27.8 Å². The number of benzene rings is 1. The lowest BCUT2D eigenvalue weighted by molar-refractivity contribution is -0.148. The van der Waals surface area contributed by atoms with Crippen molar-refractivity contribution in [2.75, 3.05) is 25.5 Å². The van der Waals surface area contributed by atoms with E-state index in [0.29, 0.717) is 44.1 Å². The Bertz CT molecular complexity index is 790. The van der Waals surface area contributed by atoms with Crippen molar-refractivity contribution in [1.82, 2.24) is 4.90 Å². The first-order chi connectivity index (χ1) is 11.9. The van der Waals surface area contributed by atoms with Crippen LogP contribution in [0.5, 0.6) is 11.5 Å². The molecule has 3 rings (SSSR count). The molecule has 25 heavy (non-hydrogen) atoms. The smallest absolute Gasteiger partial charge is 0.326 e. The number of amides is 1. The minimum absolute atomic E-state index is 0.0563. The van der Waals surface area contributed by atoms with E-state index in [-0.39, 0.29) is 17.1 Å². The van der Waals surface area contributed by atoms with E-state index in [4.69, 9.17) is 14.6 Å². The van der Waals surface area contributed by atoms with Crippen LogP contribution in [0.25, 0.3) is 0 Å². The molecule has 1 fully saturated rings. The number of hydrogen-bond acceptors (Lipinski definition) is 6. The summed E-state index contributed by atoms with van der Waals surface area (Å²) in [5.74, 6) is -1.03. The van der Waals surface area contributed by atoms with Crippen LogP contribution in [0, 0.1) is 0 Å². The van der Waals surface area contributed by atoms with Gasteiger partial charge in [-0.2, -0.15) is 0 Å². The van der Waals surface area contributed by atoms with Crippen molar-refractivity contribution in [3.63, 3.8) is 0 Å². The lowest BCUT2D eigenvalue weighted by atomic mass is 10.2. The number of aliphatic carboxylic acids is 1. The molecule has 1 N–H and O–H groups in total. The molecule has 2 heterocycles. The third kappa shape index (κ3) is 3.71. The van der Waals surface area contributed by atoms with Gasteiger partial charge in [-0.05, 0) is 25.0 Å². The molecule has 1 aromatic carbocycles. The maximum absolute atomic E-state index is 12.5. The molecule has 0 aliphatic carbocycles. The van der Waals surface area contributed by atoms with Crippen LogP contribution < -0.4 is 9.47 Å². The summed E-state index contributed by atoms with van der Waals surface area (Å²) >= 11 is 0. The van der Waals surface area contributed by atoms with Crippen molar-refractivity contribution in [2.24, 2.45) is 0 Å². The largest absolute Gasteiger partial charge is 0.486 e. The summed E-state index contributed by atoms with van der Waals surface area (Å²) in [6.07, 6.45) is 0.758. The van der Waals surface area contributed by atoms with Gasteiger partial charge in [0.15, 0.2) is 21.3 Å². The number of sulfone groups is 1. The van der Waals surface area contributed by atoms with Gasteiger partial charge < -0.3 is 19.5 Å². The Morgan fingerprint density at radius 1 is 1.20 bits per heavy atom. The molecule has 0 radical (unpaired) electrons. The lowest BCUT2D eigenvalue weighted by Crippen LogP contribution is -2.41. The monoisotopic (exact) mass is 369 g/mol. The molecule has 2 aliphatic rings. The summed E-state index contributed by atoms with van der Waals surface area (Å²) in [4.78, 5) is 24.7. The van der Waals surface area contributed by atoms with Crippen molar-refractivity contribution >= 4 is 21.7 Å². The molecule has 1 aromatic rings. The predicted molar refractivity (Wildman–Crippen MR) is 86.5 cm³/mol. The summed E-state index contributed by atoms with van der Waals surface area (Å²) in [6, 6.07) is 3.49. The Labute approximate surface area is 145 Å². The topological polar surface area (TPSA) is 110 Å². The van der Waals surface area contributed by atoms with Crippen LogP contribution in [0.1, 0.15) is 19.3 Å². The standard InChI is InChI=1S/C16H19NO7S/c18-15(17-6-1-2-12(17)16(19)20)5-9-25(21,22)11-3-4-13-14(10-11)24-8-7-23-13/h3-4,10,12H,1-2,5-9H2,(H,19,20)/t12-/m1/s1. The third-order valence-electron chi connectivity index (χ3n) is 4.32. The van der Waals surface area contributed by atoms with Crippen LogP contribution in [0.3, 0.4) is 0 Å². The molecule has 1 amide bonds. The minimum atomic E-state index is -3.69. The van der Waals surface area contributed by atoms with Gasteiger partial charge in [0.1, 0.15) is 19.3 Å². The zero-order valence-corrected chi connectivity index (χ0v) is 14.3. The fourth-order valence-corrected chi connectivity index (χ4v) is 4.26. The van der Waals surface area contributed by atoms with Gasteiger partial charge in [0.2, 0.25) is 5.91 Å². The van der Waals surface area contributed by atoms with Gasteiger partial charge in [0, 0.05) is 19.0 Å². The van der Waals surface area contributed by atoms with Crippen molar-refractivity contribution in [1.29, 1.82) is 0 Å². The molecule has 1 saturated heterocycles. The van der Waals surface area contributed by atoms with Crippen LogP contribution >= 0.6 is 0 Å². The van der Waals surface area contributed by atoms with Gasteiger partial charge in [-0.25, -0.2) is 13.2 Å². The van der Waals surface area contributed by atoms with Crippen LogP contribution in [-0.2, 0) is 19.4 Å². The van der Waals surface area contributed by atoms with Crippen LogP contribution in [0.4, 0.5) is 0 Å². The summed E-state index contributed by atoms with van der Waals surface area (Å²) in [6.45, 7) is 1.11. The molecule has 0 unspecified atom stereocenters. The molecular weight excluding hydrogens is 350 g/mol. The zero-order valence-electron chi connectivity index (χ0n) is 13.5. The fourth-order valence-electron chi connectivity index (χ4n) is 3.02. The molecule has 2 aliphatic heterocycles. The Hall–Kier alpha value is -2.29. The van der Waals surface area contributed by atoms with E-state index in [2.05, 4.69) is 0 Å². The highest BCUT2D eigenvalue weighted by molar-refractivity contribution is 7.91. The Balaban J connectivity index is 1.67. The molecule has 8 nitrogen and oxygen atoms in total. The highest BCUT2D eigenvalue weighted by Crippen LogP contribution is 2.32. The van der Waals surface area contributed by atoms with E-state index >= 15 is 0 Å². The molecule has 0 saturated carbocycles. The van der Waals surface area contributed by atoms with Gasteiger partial charge in [-0.15, -0.1) is 0 Å². The van der Waals surface area contributed by atoms with Crippen LogP contribution in [-0.4, -0.2) is 61.9 Å². The number of carbonyl (C=O) groups is 2. The number of carboxylic acid groups (broad SMARTS) is 1. The maximum Gasteiger partial charge on any atom is 0.326 e. The summed E-state index contributed by atoms with van der Waals surface area (Å²) in [5, 5.41) is 9.11. The van der Waals surface area contributed by atoms with E-state index in [0.717, 1.165) is 0 Å². The van der Waals surface area contributed by atoms with E-state index in [1.165, 1.54) is 23.1 Å². The molecule has 0 aromatic heterocycles. The molecular formula is C16H19NO7S. The quantitative estimate of drug-likeness (QED) is 0.813. The SMILES string of the molecule is O=C(O)[C@H]1CCCN1C(=O)CCS(=O)(=O)c1ccc2c(c1)OCCO2. The number of carbonyl (C=O) groups excluding carboxylic acids is 1. The average molecular weight is 369 g/mol. The first-order valence-electron chi connectivity index (χ1n) is 8.03. The lowest BCUT2D eigenvalue weighted by Gasteiger charge is -2.21. The predicted octanol–water partition coefficient (Wildman–Crippen LogP) is 0.697. The highest BCUT2D eigenvalue weighted by Gasteiger charge is 2.34. The Morgan fingerprint density at radius 2 is 1.92 bits per heavy atom. The van der Waals surface area contributed by atoms with E-state index in [1.54, 1.807) is 0 Å². The second kappa shape index (κ2) is 6.91. The number of likely N-dealkylation sites (tertiary alicyclic amines) is 1. The van der Waals surface area contributed by atoms with Crippen molar-refractivity contribution in [3.8, 4) is 11.5 Å². The Morgan fingerprint density at radius 3 is 2.64 bits per heavy atom. The zero-order chi connectivity index (χ0) is 18.0. The van der Waals surface area contributed by atoms with Crippen molar-refractivity contribution in [2.45, 2.75) is 30.2 Å². The summed E-state index contributed by atoms with van der Waals surface area (Å²) < 4.78 is 35.7. The fraction of sp³-hybridized carbons (Fsp3) is 0.500. The molecule has 136 valence electrons. The van der Waals surface area contributed by atoms with Crippen LogP contribution in [0.2, 0.25) is 0 Å². The molecule has 0 bridgehead atoms. The maximum atomic E-state index is 12.5. The van der Waals surface area contributed by atoms with Crippen molar-refractivity contribution in [3.05, 3.63) is 18.2 Å². The average Bonchev–Trinajstić information content (AvgIpc) is 3.09. The van der Waals surface area contributed by atoms with Gasteiger partial charge in [0.05, 0.1) is 10.6 Å². The van der Waals surface area contributed by atoms with Gasteiger partial charge in [-0.3, -0.25) is 4.79 Å². The highest BCUT2D eigenvalue weighted by atomic mass is 32.2. The summed E-state index contributed by atoms with van der Waals surface area (Å²) in [5.41, 5.74) is 0. The van der Waals surface area contributed by atoms with Gasteiger partial charge in [-0.1, -0.05) is 0 Å². The van der Waals surface area contributed by atoms with Gasteiger partial charge in [0.25, 0.3) is 0 Å². The number of hydrogen-bond donors (Lipinski definition) is 1. The number of ether oxygens (including phenoxy) is 2.